The molecule has 268 valence electrons. The maximum Gasteiger partial charge on any atom is 0.262 e. The summed E-state index contributed by atoms with van der Waals surface area (Å²) in [6.07, 6.45) is 5.24. The third kappa shape index (κ3) is 7.30. The molecule has 0 aromatic heterocycles. The van der Waals surface area contributed by atoms with Crippen LogP contribution in [0.1, 0.15) is 61.5 Å². The summed E-state index contributed by atoms with van der Waals surface area (Å²) in [6.45, 7) is 2.82. The Morgan fingerprint density at radius 2 is 1.65 bits per heavy atom. The number of nitrogens with one attached hydrogen (secondary N) is 1. The molecule has 3 heterocycles. The molecule has 4 fully saturated rings. The number of anilines is 1. The average Bonchev–Trinajstić information content (AvgIpc) is 3.73. The largest absolute Gasteiger partial charge is 0.497 e. The Morgan fingerprint density at radius 3 is 2.29 bits per heavy atom. The number of benzene rings is 2. The number of ether oxygens (including phenoxy) is 3. The fourth-order valence-electron chi connectivity index (χ4n) is 8.92. The molecule has 2 aromatic rings. The number of methoxy groups -OCH3 is 3. The second-order valence-electron chi connectivity index (χ2n) is 14.4. The van der Waals surface area contributed by atoms with E-state index in [2.05, 4.69) is 15.1 Å². The van der Waals surface area contributed by atoms with Crippen LogP contribution in [0.15, 0.2) is 42.5 Å². The Morgan fingerprint density at radius 1 is 0.939 bits per heavy atom. The topological polar surface area (TPSA) is 83.6 Å². The minimum atomic E-state index is -2.12. The van der Waals surface area contributed by atoms with Gasteiger partial charge in [0.15, 0.2) is 0 Å². The molecule has 0 spiro atoms. The number of piperidine rings is 1. The number of hydrogen-bond acceptors (Lipinski definition) is 7. The standard InChI is InChI=1S/C38H52F2N4O5/c1-41-36(45)26-15-17-42(18-16-26)35-19-28(39)7-14-32(35)33-21-43(20-27(33)23-47-2)37(46)38(40)24-44(29-8-12-31(49-4)13-9-29)22-34(38)25-5-10-30(48-3)11-6-25/h5-7,10-11,14,19,26-27,29,31,33-34H,8-9,12-13,15-18,20-24H2,1-4H3,(H,41,45)/t27-,29-,31-,33+,34+,38+/m1/s1. The smallest absolute Gasteiger partial charge is 0.262 e. The first-order chi connectivity index (χ1) is 23.7. The predicted octanol–water partition coefficient (Wildman–Crippen LogP) is 4.75. The van der Waals surface area contributed by atoms with Gasteiger partial charge in [-0.15, -0.1) is 0 Å². The molecule has 1 aliphatic carbocycles. The highest BCUT2D eigenvalue weighted by molar-refractivity contribution is 5.88. The van der Waals surface area contributed by atoms with Crippen molar-refractivity contribution < 1.29 is 32.6 Å². The number of rotatable bonds is 10. The van der Waals surface area contributed by atoms with E-state index in [-0.39, 0.29) is 48.2 Å². The molecule has 0 bridgehead atoms. The van der Waals surface area contributed by atoms with Crippen molar-refractivity contribution in [2.75, 3.05) is 79.2 Å². The van der Waals surface area contributed by atoms with E-state index >= 15 is 4.39 Å². The quantitative estimate of drug-likeness (QED) is 0.388. The molecule has 1 saturated carbocycles. The number of nitrogens with zero attached hydrogens (tertiary/aromatic N) is 3. The molecular weight excluding hydrogens is 630 g/mol. The van der Waals surface area contributed by atoms with Crippen LogP contribution in [0.3, 0.4) is 0 Å². The molecular formula is C38H52F2N4O5. The van der Waals surface area contributed by atoms with Gasteiger partial charge >= 0.3 is 0 Å². The molecule has 2 aromatic carbocycles. The number of amides is 2. The zero-order chi connectivity index (χ0) is 34.7. The van der Waals surface area contributed by atoms with Crippen molar-refractivity contribution in [3.63, 3.8) is 0 Å². The lowest BCUT2D eigenvalue weighted by Crippen LogP contribution is -2.50. The van der Waals surface area contributed by atoms with Crippen LogP contribution in [0.4, 0.5) is 14.5 Å². The summed E-state index contributed by atoms with van der Waals surface area (Å²) in [5.41, 5.74) is 0.377. The lowest BCUT2D eigenvalue weighted by molar-refractivity contribution is -0.143. The molecule has 1 N–H and O–H groups in total. The number of alkyl halides is 1. The first-order valence-corrected chi connectivity index (χ1v) is 17.8. The summed E-state index contributed by atoms with van der Waals surface area (Å²) in [6, 6.07) is 12.5. The number of hydrogen-bond donors (Lipinski definition) is 1. The Hall–Kier alpha value is -3.28. The first-order valence-electron chi connectivity index (χ1n) is 17.8. The van der Waals surface area contributed by atoms with Crippen molar-refractivity contribution in [2.45, 2.75) is 68.2 Å². The van der Waals surface area contributed by atoms with Crippen molar-refractivity contribution in [3.8, 4) is 5.75 Å². The molecule has 6 rings (SSSR count). The Kier molecular flexibility index (Phi) is 11.1. The summed E-state index contributed by atoms with van der Waals surface area (Å²) < 4.78 is 49.2. The van der Waals surface area contributed by atoms with Gasteiger partial charge in [-0.3, -0.25) is 14.5 Å². The van der Waals surface area contributed by atoms with Crippen LogP contribution < -0.4 is 15.0 Å². The summed E-state index contributed by atoms with van der Waals surface area (Å²) >= 11 is 0. The monoisotopic (exact) mass is 682 g/mol. The first kappa shape index (κ1) is 35.5. The fourth-order valence-corrected chi connectivity index (χ4v) is 8.92. The number of carbonyl (C=O) groups is 2. The van der Waals surface area contributed by atoms with Gasteiger partial charge in [0, 0.05) is 95.9 Å². The third-order valence-corrected chi connectivity index (χ3v) is 11.7. The van der Waals surface area contributed by atoms with Gasteiger partial charge < -0.3 is 29.3 Å². The third-order valence-electron chi connectivity index (χ3n) is 11.7. The minimum absolute atomic E-state index is 0.0328. The predicted molar refractivity (Wildman–Crippen MR) is 184 cm³/mol. The number of likely N-dealkylation sites (tertiary alicyclic amines) is 2. The molecule has 4 aliphatic rings. The van der Waals surface area contributed by atoms with Gasteiger partial charge in [0.05, 0.1) is 19.8 Å². The van der Waals surface area contributed by atoms with Crippen LogP contribution in [0.25, 0.3) is 0 Å². The van der Waals surface area contributed by atoms with Gasteiger partial charge in [-0.25, -0.2) is 8.78 Å². The summed E-state index contributed by atoms with van der Waals surface area (Å²) in [7, 11) is 6.64. The Balaban J connectivity index is 1.26. The van der Waals surface area contributed by atoms with E-state index in [1.165, 1.54) is 6.07 Å². The second kappa shape index (κ2) is 15.3. The van der Waals surface area contributed by atoms with Gasteiger partial charge in [0.1, 0.15) is 11.6 Å². The Labute approximate surface area is 289 Å². The molecule has 49 heavy (non-hydrogen) atoms. The number of halogens is 2. The molecule has 3 saturated heterocycles. The molecule has 2 amide bonds. The molecule has 0 radical (unpaired) electrons. The van der Waals surface area contributed by atoms with Gasteiger partial charge in [-0.2, -0.15) is 0 Å². The van der Waals surface area contributed by atoms with Crippen molar-refractivity contribution in [2.24, 2.45) is 11.8 Å². The zero-order valence-electron chi connectivity index (χ0n) is 29.3. The second-order valence-corrected chi connectivity index (χ2v) is 14.4. The normalized spacial score (nSPS) is 29.7. The van der Waals surface area contributed by atoms with Crippen molar-refractivity contribution in [1.82, 2.24) is 15.1 Å². The minimum Gasteiger partial charge on any atom is -0.497 e. The zero-order valence-corrected chi connectivity index (χ0v) is 29.3. The van der Waals surface area contributed by atoms with Crippen molar-refractivity contribution in [3.05, 3.63) is 59.4 Å². The van der Waals surface area contributed by atoms with E-state index < -0.39 is 17.5 Å². The van der Waals surface area contributed by atoms with E-state index in [4.69, 9.17) is 14.2 Å². The van der Waals surface area contributed by atoms with Gasteiger partial charge in [-0.05, 0) is 73.9 Å². The van der Waals surface area contributed by atoms with E-state index in [0.717, 1.165) is 42.5 Å². The highest BCUT2D eigenvalue weighted by Gasteiger charge is 2.57. The van der Waals surface area contributed by atoms with E-state index in [1.807, 2.05) is 30.3 Å². The highest BCUT2D eigenvalue weighted by Crippen LogP contribution is 2.46. The van der Waals surface area contributed by atoms with E-state index in [1.54, 1.807) is 39.3 Å². The van der Waals surface area contributed by atoms with Crippen LogP contribution in [0.5, 0.6) is 5.75 Å². The van der Waals surface area contributed by atoms with Crippen LogP contribution >= 0.6 is 0 Å². The maximum atomic E-state index is 17.8. The number of carbonyl (C=O) groups excluding carboxylic acids is 2. The fraction of sp³-hybridized carbons (Fsp3) is 0.632. The summed E-state index contributed by atoms with van der Waals surface area (Å²) in [5, 5.41) is 2.75. The van der Waals surface area contributed by atoms with Gasteiger partial charge in [0.25, 0.3) is 5.91 Å². The maximum absolute atomic E-state index is 17.8. The highest BCUT2D eigenvalue weighted by atomic mass is 19.1. The molecule has 11 heteroatoms. The van der Waals surface area contributed by atoms with Crippen LogP contribution in [-0.2, 0) is 19.1 Å². The summed E-state index contributed by atoms with van der Waals surface area (Å²) in [4.78, 5) is 33.0. The molecule has 3 aliphatic heterocycles. The molecule has 9 nitrogen and oxygen atoms in total. The Bertz CT molecular complexity index is 1450. The van der Waals surface area contributed by atoms with Crippen LogP contribution in [-0.4, -0.2) is 114 Å². The summed E-state index contributed by atoms with van der Waals surface area (Å²) in [5.74, 6) is -1.06. The SMILES string of the molecule is CNC(=O)C1CCN(c2cc(F)ccc2[C@H]2CN(C(=O)[C@]3(F)CN([C@H]4CC[C@H](OC)CC4)C[C@H]3c3ccc(OC)cc3)C[C@@H]2COC)CC1. The van der Waals surface area contributed by atoms with Crippen LogP contribution in [0, 0.1) is 17.7 Å². The molecule has 4 atom stereocenters. The van der Waals surface area contributed by atoms with E-state index in [9.17, 15) is 14.0 Å². The van der Waals surface area contributed by atoms with E-state index in [0.29, 0.717) is 57.9 Å². The lowest BCUT2D eigenvalue weighted by Gasteiger charge is -2.35. The van der Waals surface area contributed by atoms with Gasteiger partial charge in [-0.1, -0.05) is 18.2 Å². The van der Waals surface area contributed by atoms with Gasteiger partial charge in [0.2, 0.25) is 11.6 Å². The lowest BCUT2D eigenvalue weighted by atomic mass is 9.85. The molecule has 0 unspecified atom stereocenters. The van der Waals surface area contributed by atoms with Crippen LogP contribution in [0.2, 0.25) is 0 Å². The average molecular weight is 683 g/mol. The van der Waals surface area contributed by atoms with Crippen molar-refractivity contribution in [1.29, 1.82) is 0 Å². The van der Waals surface area contributed by atoms with Crippen molar-refractivity contribution >= 4 is 17.5 Å².